The molecular formula is C92H98I2N16O12. The molecule has 4 N–H and O–H groups in total. The van der Waals surface area contributed by atoms with Crippen LogP contribution in [-0.4, -0.2) is 222 Å². The Morgan fingerprint density at radius 2 is 0.582 bits per heavy atom. The zero-order valence-electron chi connectivity index (χ0n) is 68.6. The van der Waals surface area contributed by atoms with Crippen molar-refractivity contribution in [1.29, 1.82) is 0 Å². The standard InChI is InChI=1S/C26H31N5O3.C25H29N5O3.C21H20IN3O3.C20H18IN3O3/c1-19-18-27-26-28-21-15-22(31-8-6-30(2)7-9-31)17-24(16-21)34-13-11-32-10-12-33-23-5-3-4-20(14-23)25(19)29-26;1-29-7-9-30(10-8-29)21-16-20-17-23(18-21)33-14-12-31-11-13-32-22-4-2-3-19(15-22)24-5-6-26-25(27-20)28-24;1-14-13-23-21-24-17-10-16(22)11-19(12-17)28-8-6-26-5-7-27-18-4-2-3-15(9-18)20(14)25-21;21-15-11-16-13-18(12-15)27-9-7-25-6-8-26-17-3-1-2-14(10-17)19-4-5-22-20(23-16)24-19/h3-5,14-18H,6-13H2,1-2H3,(H,27,28,29);2-6,15-18H,7-14H2,1H3,(H,26,27,28);2-4,9-13H,5-8H2,1H3,(H,23,24,25);1-5,10-13H,6-9H2,(H,22,23,24). The number of halogens is 2. The smallest absolute Gasteiger partial charge is 0.227 e. The van der Waals surface area contributed by atoms with E-state index < -0.39 is 0 Å². The maximum Gasteiger partial charge on any atom is 0.227 e. The van der Waals surface area contributed by atoms with Crippen molar-refractivity contribution in [2.24, 2.45) is 0 Å². The second kappa shape index (κ2) is 43.3. The van der Waals surface area contributed by atoms with Gasteiger partial charge in [-0.25, -0.2) is 39.9 Å². The van der Waals surface area contributed by atoms with Gasteiger partial charge in [-0.05, 0) is 181 Å². The molecule has 28 nitrogen and oxygen atoms in total. The molecule has 12 aromatic rings. The van der Waals surface area contributed by atoms with Crippen molar-refractivity contribution in [2.75, 3.05) is 203 Å². The predicted molar refractivity (Wildman–Crippen MR) is 490 cm³/mol. The Labute approximate surface area is 737 Å². The molecule has 24 bridgehead atoms. The molecule has 6 aliphatic rings. The quantitative estimate of drug-likeness (QED) is 0.117. The van der Waals surface area contributed by atoms with Crippen LogP contribution in [-0.2, 0) is 18.9 Å². The van der Waals surface area contributed by atoms with Crippen LogP contribution >= 0.6 is 45.2 Å². The number of hydrogen-bond donors (Lipinski definition) is 4. The maximum absolute atomic E-state index is 6.05. The number of aromatic nitrogens is 8. The van der Waals surface area contributed by atoms with E-state index in [0.717, 1.165) is 196 Å². The summed E-state index contributed by atoms with van der Waals surface area (Å²) < 4.78 is 71.7. The number of anilines is 10. The minimum atomic E-state index is 0.465. The lowest BCUT2D eigenvalue weighted by Gasteiger charge is -2.34. The summed E-state index contributed by atoms with van der Waals surface area (Å²) in [7, 11) is 4.32. The Kier molecular flexibility index (Phi) is 30.4. The molecule has 0 amide bonds. The van der Waals surface area contributed by atoms with E-state index in [9.17, 15) is 0 Å². The molecule has 6 aliphatic heterocycles. The zero-order valence-corrected chi connectivity index (χ0v) is 72.9. The van der Waals surface area contributed by atoms with Crippen LogP contribution in [0.4, 0.5) is 57.9 Å². The fourth-order valence-corrected chi connectivity index (χ4v) is 15.1. The Balaban J connectivity index is 0.000000127. The van der Waals surface area contributed by atoms with Gasteiger partial charge in [0.2, 0.25) is 23.8 Å². The molecule has 122 heavy (non-hydrogen) atoms. The molecule has 0 spiro atoms. The molecule has 0 unspecified atom stereocenters. The summed E-state index contributed by atoms with van der Waals surface area (Å²) in [5.74, 6) is 8.42. The minimum Gasteiger partial charge on any atom is -0.491 e. The molecular weight excluding hydrogens is 1770 g/mol. The third-order valence-corrected chi connectivity index (χ3v) is 21.2. The number of benzene rings is 8. The van der Waals surface area contributed by atoms with E-state index in [0.29, 0.717) is 130 Å². The van der Waals surface area contributed by atoms with Crippen molar-refractivity contribution in [3.63, 3.8) is 0 Å². The average molecular weight is 1870 g/mol. The number of hydrogen-bond acceptors (Lipinski definition) is 28. The van der Waals surface area contributed by atoms with E-state index >= 15 is 0 Å². The van der Waals surface area contributed by atoms with Gasteiger partial charge in [0, 0.05) is 177 Å². The van der Waals surface area contributed by atoms with Gasteiger partial charge in [0.15, 0.2) is 0 Å². The summed E-state index contributed by atoms with van der Waals surface area (Å²) in [5.41, 5.74) is 15.1. The number of fused-ring (bicyclic) bond motifs is 28. The van der Waals surface area contributed by atoms with Crippen molar-refractivity contribution >= 4 is 103 Å². The third-order valence-electron chi connectivity index (χ3n) is 20.0. The molecule has 10 heterocycles. The van der Waals surface area contributed by atoms with E-state index in [4.69, 9.17) is 71.8 Å². The lowest BCUT2D eigenvalue weighted by atomic mass is 10.1. The molecule has 0 radical (unpaired) electrons. The Hall–Kier alpha value is -11.5. The predicted octanol–water partition coefficient (Wildman–Crippen LogP) is 16.0. The fourth-order valence-electron chi connectivity index (χ4n) is 13.8. The number of ether oxygens (including phenoxy) is 12. The van der Waals surface area contributed by atoms with Crippen molar-refractivity contribution < 1.29 is 56.8 Å². The van der Waals surface area contributed by atoms with Crippen molar-refractivity contribution in [3.05, 3.63) is 225 Å². The molecule has 30 heteroatoms. The number of nitrogens with zero attached hydrogens (tertiary/aromatic N) is 12. The maximum atomic E-state index is 6.05. The van der Waals surface area contributed by atoms with Crippen LogP contribution in [0.5, 0.6) is 46.0 Å². The van der Waals surface area contributed by atoms with Crippen LogP contribution in [0.2, 0.25) is 0 Å². The van der Waals surface area contributed by atoms with E-state index in [1.807, 2.05) is 184 Å². The topological polar surface area (TPSA) is 275 Å². The van der Waals surface area contributed by atoms with Crippen LogP contribution in [0.3, 0.4) is 0 Å². The van der Waals surface area contributed by atoms with Crippen LogP contribution in [0.1, 0.15) is 11.1 Å². The first-order valence-corrected chi connectivity index (χ1v) is 42.9. The summed E-state index contributed by atoms with van der Waals surface area (Å²) in [6.45, 7) is 19.8. The summed E-state index contributed by atoms with van der Waals surface area (Å²) in [5, 5.41) is 13.3. The molecule has 2 saturated heterocycles. The second-order valence-electron chi connectivity index (χ2n) is 29.2. The molecule has 0 aliphatic carbocycles. The Morgan fingerprint density at radius 3 is 0.926 bits per heavy atom. The number of rotatable bonds is 2. The van der Waals surface area contributed by atoms with E-state index in [1.165, 1.54) is 0 Å². The van der Waals surface area contributed by atoms with Gasteiger partial charge in [0.1, 0.15) is 98.9 Å². The fraction of sp³-hybridized carbons (Fsp3) is 0.304. The first-order valence-electron chi connectivity index (χ1n) is 40.8. The summed E-state index contributed by atoms with van der Waals surface area (Å²) in [4.78, 5) is 46.1. The van der Waals surface area contributed by atoms with Crippen molar-refractivity contribution in [3.8, 4) is 91.0 Å². The molecule has 8 aromatic carbocycles. The highest BCUT2D eigenvalue weighted by Crippen LogP contribution is 2.36. The largest absolute Gasteiger partial charge is 0.491 e. The lowest BCUT2D eigenvalue weighted by Crippen LogP contribution is -2.44. The van der Waals surface area contributed by atoms with Crippen LogP contribution in [0.25, 0.3) is 45.0 Å². The van der Waals surface area contributed by atoms with Crippen molar-refractivity contribution in [1.82, 2.24) is 49.7 Å². The molecule has 4 aromatic heterocycles. The highest BCUT2D eigenvalue weighted by atomic mass is 127. The number of nitrogens with one attached hydrogen (secondary N) is 4. The SMILES string of the molecule is CN1CCN(c2cc3cc(c2)OCCOCCOc2cccc(c2)-c2ccnc(n2)N3)CC1.Cc1cnc2nc1-c1cccc(c1)OCCOCCOc1cc(I)cc(c1)N2.Cc1cnc2nc1-c1cccc(c1)OCCOCCOc1cc(cc(N3CCN(C)CC3)c1)N2.Ic1cc2cc(c1)OCCOCCOc1cccc(c1)-c1ccnc(n1)N2. The average Bonchev–Trinajstić information content (AvgIpc) is 0.908. The van der Waals surface area contributed by atoms with E-state index in [2.05, 4.69) is 149 Å². The van der Waals surface area contributed by atoms with Gasteiger partial charge in [-0.3, -0.25) is 0 Å². The molecule has 2 fully saturated rings. The summed E-state index contributed by atoms with van der Waals surface area (Å²) in [6, 6.07) is 59.7. The van der Waals surface area contributed by atoms with Crippen LogP contribution in [0, 0.1) is 21.0 Å². The van der Waals surface area contributed by atoms with Gasteiger partial charge in [0.25, 0.3) is 0 Å². The van der Waals surface area contributed by atoms with Crippen LogP contribution in [0.15, 0.2) is 207 Å². The summed E-state index contributed by atoms with van der Waals surface area (Å²) >= 11 is 4.53. The van der Waals surface area contributed by atoms with Gasteiger partial charge >= 0.3 is 0 Å². The van der Waals surface area contributed by atoms with Gasteiger partial charge in [-0.2, -0.15) is 0 Å². The molecule has 632 valence electrons. The van der Waals surface area contributed by atoms with Gasteiger partial charge in [0.05, 0.1) is 75.6 Å². The molecule has 0 atom stereocenters. The monoisotopic (exact) mass is 1870 g/mol. The highest BCUT2D eigenvalue weighted by Gasteiger charge is 2.21. The summed E-state index contributed by atoms with van der Waals surface area (Å²) in [6.07, 6.45) is 7.18. The van der Waals surface area contributed by atoms with Crippen molar-refractivity contribution in [2.45, 2.75) is 13.8 Å². The van der Waals surface area contributed by atoms with E-state index in [-0.39, 0.29) is 0 Å². The van der Waals surface area contributed by atoms with Gasteiger partial charge < -0.3 is 97.7 Å². The van der Waals surface area contributed by atoms with E-state index in [1.54, 1.807) is 12.4 Å². The number of aryl methyl sites for hydroxylation is 2. The molecule has 18 rings (SSSR count). The number of piperazine rings is 2. The minimum absolute atomic E-state index is 0.465. The lowest BCUT2D eigenvalue weighted by molar-refractivity contribution is 0.0764. The van der Waals surface area contributed by atoms with Gasteiger partial charge in [-0.15, -0.1) is 0 Å². The second-order valence-corrected chi connectivity index (χ2v) is 31.7. The third kappa shape index (κ3) is 25.3. The number of likely N-dealkylation sites (N-methyl/N-ethyl adjacent to an activating group) is 2. The Bertz CT molecular complexity index is 5460. The Morgan fingerprint density at radius 1 is 0.287 bits per heavy atom. The highest BCUT2D eigenvalue weighted by molar-refractivity contribution is 14.1. The zero-order chi connectivity index (χ0) is 83.6. The molecule has 0 saturated carbocycles. The van der Waals surface area contributed by atoms with Crippen LogP contribution < -0.4 is 69.0 Å². The first-order chi connectivity index (χ1) is 59.8. The normalized spacial score (nSPS) is 15.9. The van der Waals surface area contributed by atoms with Gasteiger partial charge in [-0.1, -0.05) is 48.5 Å². The first kappa shape index (κ1) is 85.5.